The molecule has 0 fully saturated rings. The summed E-state index contributed by atoms with van der Waals surface area (Å²) >= 11 is 6.29. The predicted octanol–water partition coefficient (Wildman–Crippen LogP) is 3.45. The van der Waals surface area contributed by atoms with Crippen LogP contribution in [0.3, 0.4) is 0 Å². The minimum absolute atomic E-state index is 0.105. The Hall–Kier alpha value is -2.14. The second-order valence-electron chi connectivity index (χ2n) is 5.01. The summed E-state index contributed by atoms with van der Waals surface area (Å²) in [5, 5.41) is 12.5. The highest BCUT2D eigenvalue weighted by atomic mass is 35.5. The average molecular weight is 305 g/mol. The fraction of sp³-hybridized carbons (Fsp3) is 0.267. The van der Waals surface area contributed by atoms with Crippen molar-refractivity contribution in [1.29, 1.82) is 0 Å². The number of allylic oxidation sites excluding steroid dienone is 1. The first-order valence-electron chi connectivity index (χ1n) is 6.71. The summed E-state index contributed by atoms with van der Waals surface area (Å²) in [6.07, 6.45) is 3.72. The number of hydrogen-bond donors (Lipinski definition) is 0. The molecule has 0 aliphatic carbocycles. The number of nitro groups is 1. The number of carbonyl (C=O) groups excluding carboxylic acids is 1. The van der Waals surface area contributed by atoms with Gasteiger partial charge in [-0.05, 0) is 25.0 Å². The number of fused-ring (bicyclic) bond motifs is 3. The van der Waals surface area contributed by atoms with Crippen molar-refractivity contribution in [3.8, 4) is 0 Å². The van der Waals surface area contributed by atoms with Crippen LogP contribution in [0.5, 0.6) is 0 Å². The van der Waals surface area contributed by atoms with Crippen LogP contribution in [0.4, 0.5) is 0 Å². The van der Waals surface area contributed by atoms with Crippen molar-refractivity contribution in [1.82, 2.24) is 4.57 Å². The van der Waals surface area contributed by atoms with E-state index in [-0.39, 0.29) is 12.1 Å². The Kier molecular flexibility index (Phi) is 3.51. The number of carbonyl (C=O) groups is 1. The molecule has 3 rings (SSSR count). The van der Waals surface area contributed by atoms with Crippen molar-refractivity contribution in [3.05, 3.63) is 50.3 Å². The molecule has 0 N–H and O–H groups in total. The number of aryl methyl sites for hydroxylation is 1. The maximum Gasteiger partial charge on any atom is 0.253 e. The lowest BCUT2D eigenvalue weighted by Crippen LogP contribution is -1.99. The van der Waals surface area contributed by atoms with E-state index in [0.29, 0.717) is 11.3 Å². The Balaban J connectivity index is 2.29. The predicted molar refractivity (Wildman–Crippen MR) is 80.9 cm³/mol. The normalized spacial score (nSPS) is 14.4. The van der Waals surface area contributed by atoms with Crippen molar-refractivity contribution in [2.45, 2.75) is 25.8 Å². The SMILES string of the molecule is O=CCC(=Cc1c2n(c3cccc(Cl)c13)CCC2)[N+](=O)[O-]. The van der Waals surface area contributed by atoms with Crippen LogP contribution >= 0.6 is 11.6 Å². The fourth-order valence-electron chi connectivity index (χ4n) is 2.96. The van der Waals surface area contributed by atoms with E-state index < -0.39 is 4.92 Å². The van der Waals surface area contributed by atoms with Gasteiger partial charge in [0.15, 0.2) is 0 Å². The number of hydrogen-bond acceptors (Lipinski definition) is 3. The molecule has 2 aromatic rings. The van der Waals surface area contributed by atoms with E-state index in [0.717, 1.165) is 41.5 Å². The number of aldehydes is 1. The van der Waals surface area contributed by atoms with E-state index in [1.165, 1.54) is 6.08 Å². The number of halogens is 1. The van der Waals surface area contributed by atoms with Crippen LogP contribution in [0.2, 0.25) is 5.02 Å². The van der Waals surface area contributed by atoms with Crippen molar-refractivity contribution in [3.63, 3.8) is 0 Å². The van der Waals surface area contributed by atoms with Crippen LogP contribution in [0.25, 0.3) is 17.0 Å². The highest BCUT2D eigenvalue weighted by Crippen LogP contribution is 2.37. The molecule has 21 heavy (non-hydrogen) atoms. The Morgan fingerprint density at radius 3 is 3.00 bits per heavy atom. The molecule has 1 aromatic heterocycles. The van der Waals surface area contributed by atoms with Gasteiger partial charge in [0.25, 0.3) is 5.70 Å². The smallest absolute Gasteiger partial charge is 0.253 e. The highest BCUT2D eigenvalue weighted by molar-refractivity contribution is 6.36. The maximum atomic E-state index is 11.1. The van der Waals surface area contributed by atoms with Gasteiger partial charge in [-0.15, -0.1) is 0 Å². The van der Waals surface area contributed by atoms with Gasteiger partial charge < -0.3 is 9.36 Å². The minimum atomic E-state index is -0.504. The van der Waals surface area contributed by atoms with E-state index >= 15 is 0 Å². The summed E-state index contributed by atoms with van der Waals surface area (Å²) in [7, 11) is 0. The molecule has 0 atom stereocenters. The number of benzene rings is 1. The largest absolute Gasteiger partial charge is 0.344 e. The van der Waals surface area contributed by atoms with Crippen molar-refractivity contribution in [2.24, 2.45) is 0 Å². The second kappa shape index (κ2) is 5.33. The topological polar surface area (TPSA) is 65.1 Å². The summed E-state index contributed by atoms with van der Waals surface area (Å²) < 4.78 is 2.16. The Bertz CT molecular complexity index is 777. The molecular formula is C15H13ClN2O3. The molecule has 1 aliphatic rings. The molecular weight excluding hydrogens is 292 g/mol. The third kappa shape index (κ3) is 2.23. The van der Waals surface area contributed by atoms with E-state index in [2.05, 4.69) is 4.57 Å². The first kappa shape index (κ1) is 13.8. The molecule has 0 radical (unpaired) electrons. The number of rotatable bonds is 4. The summed E-state index contributed by atoms with van der Waals surface area (Å²) in [4.78, 5) is 21.2. The van der Waals surface area contributed by atoms with E-state index in [4.69, 9.17) is 11.6 Å². The lowest BCUT2D eigenvalue weighted by Gasteiger charge is -2.00. The zero-order chi connectivity index (χ0) is 15.0. The van der Waals surface area contributed by atoms with Crippen molar-refractivity contribution < 1.29 is 9.72 Å². The molecule has 2 heterocycles. The monoisotopic (exact) mass is 304 g/mol. The van der Waals surface area contributed by atoms with Crippen LogP contribution in [-0.4, -0.2) is 15.8 Å². The lowest BCUT2D eigenvalue weighted by atomic mass is 10.1. The van der Waals surface area contributed by atoms with Gasteiger partial charge in [-0.2, -0.15) is 0 Å². The molecule has 6 heteroatoms. The molecule has 0 saturated heterocycles. The number of nitrogens with zero attached hydrogens (tertiary/aromatic N) is 2. The third-order valence-electron chi connectivity index (χ3n) is 3.82. The molecule has 1 aliphatic heterocycles. The van der Waals surface area contributed by atoms with Gasteiger partial charge in [0.1, 0.15) is 6.29 Å². The van der Waals surface area contributed by atoms with E-state index in [1.54, 1.807) is 6.07 Å². The van der Waals surface area contributed by atoms with Gasteiger partial charge in [-0.25, -0.2) is 0 Å². The number of aromatic nitrogens is 1. The molecule has 0 saturated carbocycles. The first-order chi connectivity index (χ1) is 10.1. The van der Waals surface area contributed by atoms with Gasteiger partial charge in [-0.3, -0.25) is 10.1 Å². The summed E-state index contributed by atoms with van der Waals surface area (Å²) in [6, 6.07) is 5.63. The van der Waals surface area contributed by atoms with Crippen LogP contribution < -0.4 is 0 Å². The Morgan fingerprint density at radius 2 is 2.29 bits per heavy atom. The maximum absolute atomic E-state index is 11.1. The Morgan fingerprint density at radius 1 is 1.48 bits per heavy atom. The molecule has 0 bridgehead atoms. The Labute approximate surface area is 126 Å². The third-order valence-corrected chi connectivity index (χ3v) is 4.14. The van der Waals surface area contributed by atoms with E-state index in [1.807, 2.05) is 12.1 Å². The molecule has 0 unspecified atom stereocenters. The average Bonchev–Trinajstić information content (AvgIpc) is 3.01. The summed E-state index contributed by atoms with van der Waals surface area (Å²) in [5.41, 5.74) is 2.73. The van der Waals surface area contributed by atoms with E-state index in [9.17, 15) is 14.9 Å². The molecule has 108 valence electrons. The zero-order valence-electron chi connectivity index (χ0n) is 11.2. The van der Waals surface area contributed by atoms with Gasteiger partial charge >= 0.3 is 0 Å². The van der Waals surface area contributed by atoms with Crippen LogP contribution in [0.1, 0.15) is 24.1 Å². The zero-order valence-corrected chi connectivity index (χ0v) is 12.0. The highest BCUT2D eigenvalue weighted by Gasteiger charge is 2.23. The molecule has 0 amide bonds. The van der Waals surface area contributed by atoms with Crippen LogP contribution in [-0.2, 0) is 17.8 Å². The molecule has 1 aromatic carbocycles. The quantitative estimate of drug-likeness (QED) is 0.493. The first-order valence-corrected chi connectivity index (χ1v) is 7.09. The standard InChI is InChI=1S/C15H13ClN2O3/c16-12-3-1-4-14-15(12)11(13-5-2-7-17(13)14)9-10(6-8-19)18(20)21/h1,3-4,8-9H,2,5-7H2. The van der Waals surface area contributed by atoms with Gasteiger partial charge in [0, 0.05) is 29.3 Å². The fourth-order valence-corrected chi connectivity index (χ4v) is 3.23. The molecule has 5 nitrogen and oxygen atoms in total. The summed E-state index contributed by atoms with van der Waals surface area (Å²) in [5.74, 6) is 0. The lowest BCUT2D eigenvalue weighted by molar-refractivity contribution is -0.424. The van der Waals surface area contributed by atoms with Gasteiger partial charge in [0.2, 0.25) is 0 Å². The van der Waals surface area contributed by atoms with Gasteiger partial charge in [0.05, 0.1) is 21.9 Å². The summed E-state index contributed by atoms with van der Waals surface area (Å²) in [6.45, 7) is 0.890. The van der Waals surface area contributed by atoms with Crippen LogP contribution in [0.15, 0.2) is 23.9 Å². The van der Waals surface area contributed by atoms with Gasteiger partial charge in [-0.1, -0.05) is 17.7 Å². The molecule has 0 spiro atoms. The second-order valence-corrected chi connectivity index (χ2v) is 5.42. The van der Waals surface area contributed by atoms with Crippen molar-refractivity contribution >= 4 is 34.9 Å². The minimum Gasteiger partial charge on any atom is -0.344 e. The van der Waals surface area contributed by atoms with Crippen LogP contribution in [0, 0.1) is 10.1 Å². The van der Waals surface area contributed by atoms with Crippen molar-refractivity contribution in [2.75, 3.05) is 0 Å².